The second-order valence-corrected chi connectivity index (χ2v) is 8.64. The van der Waals surface area contributed by atoms with E-state index in [-0.39, 0.29) is 6.61 Å². The Kier molecular flexibility index (Phi) is 14.9. The molecule has 0 aromatic carbocycles. The van der Waals surface area contributed by atoms with E-state index in [4.69, 9.17) is 23.7 Å². The summed E-state index contributed by atoms with van der Waals surface area (Å²) < 4.78 is 27.8. The lowest BCUT2D eigenvalue weighted by Gasteiger charge is -2.44. The normalized spacial score (nSPS) is 23.7. The first-order chi connectivity index (χ1) is 16.6. The Morgan fingerprint density at radius 3 is 1.94 bits per heavy atom. The quantitative estimate of drug-likeness (QED) is 0.148. The Hall–Kier alpha value is -2.46. The second-order valence-electron chi connectivity index (χ2n) is 8.64. The number of hydrogen-bond donors (Lipinski definition) is 1. The predicted octanol–water partition coefficient (Wildman–Crippen LogP) is 2.97. The van der Waals surface area contributed by atoms with Crippen LogP contribution in [-0.4, -0.2) is 67.7 Å². The smallest absolute Gasteiger partial charge is 0.303 e. The zero-order valence-corrected chi connectivity index (χ0v) is 21.4. The van der Waals surface area contributed by atoms with Crippen LogP contribution >= 0.6 is 0 Å². The zero-order chi connectivity index (χ0) is 26.2. The van der Waals surface area contributed by atoms with Gasteiger partial charge in [-0.05, 0) is 19.3 Å². The van der Waals surface area contributed by atoms with E-state index in [2.05, 4.69) is 11.9 Å². The van der Waals surface area contributed by atoms with Crippen molar-refractivity contribution in [2.75, 3.05) is 13.2 Å². The van der Waals surface area contributed by atoms with Crippen molar-refractivity contribution in [3.63, 3.8) is 0 Å². The number of amides is 1. The van der Waals surface area contributed by atoms with Crippen LogP contribution < -0.4 is 5.32 Å². The van der Waals surface area contributed by atoms with Gasteiger partial charge in [-0.1, -0.05) is 38.2 Å². The lowest BCUT2D eigenvalue weighted by Crippen LogP contribution is -2.66. The van der Waals surface area contributed by atoms with Crippen LogP contribution in [0.15, 0.2) is 12.7 Å². The summed E-state index contributed by atoms with van der Waals surface area (Å²) in [6.07, 6.45) is 6.34. The van der Waals surface area contributed by atoms with E-state index in [1.165, 1.54) is 47.0 Å². The molecule has 0 radical (unpaired) electrons. The van der Waals surface area contributed by atoms with Gasteiger partial charge < -0.3 is 29.0 Å². The Labute approximate surface area is 208 Å². The molecule has 1 amide bonds. The average molecular weight is 500 g/mol. The van der Waals surface area contributed by atoms with Crippen LogP contribution in [-0.2, 0) is 42.9 Å². The fourth-order valence-electron chi connectivity index (χ4n) is 3.91. The fraction of sp³-hybridized carbons (Fsp3) is 0.760. The standard InChI is InChI=1S/C25H41NO9/c1-6-7-8-9-10-11-12-13-14-15-31-25-22(26-17(2)27)24(34-20(5)30)23(33-19(4)29)21(35-25)16-32-18(3)28/h6,21-25H,1,7-16H2,2-5H3,(H,26,27)/t21-,22-,23-,24-,25-/m1/s1. The molecule has 1 N–H and O–H groups in total. The van der Waals surface area contributed by atoms with Crippen molar-refractivity contribution < 1.29 is 42.9 Å². The lowest BCUT2D eigenvalue weighted by molar-refractivity contribution is -0.277. The molecule has 0 unspecified atom stereocenters. The first-order valence-corrected chi connectivity index (χ1v) is 12.3. The Morgan fingerprint density at radius 2 is 1.40 bits per heavy atom. The van der Waals surface area contributed by atoms with Crippen LogP contribution in [0.25, 0.3) is 0 Å². The largest absolute Gasteiger partial charge is 0.463 e. The molecule has 0 saturated carbocycles. The van der Waals surface area contributed by atoms with Gasteiger partial charge in [0.25, 0.3) is 0 Å². The van der Waals surface area contributed by atoms with Crippen LogP contribution in [0.5, 0.6) is 0 Å². The molecule has 200 valence electrons. The van der Waals surface area contributed by atoms with E-state index >= 15 is 0 Å². The highest BCUT2D eigenvalue weighted by atomic mass is 16.7. The number of carbonyl (C=O) groups excluding carboxylic acids is 4. The summed E-state index contributed by atoms with van der Waals surface area (Å²) in [4.78, 5) is 46.9. The SMILES string of the molecule is C=CCCCCCCCCCO[C@@H]1O[C@H](COC(C)=O)[C@@H](OC(C)=O)[C@H](OC(C)=O)[C@H]1NC(C)=O. The molecule has 1 heterocycles. The number of rotatable bonds is 16. The summed E-state index contributed by atoms with van der Waals surface area (Å²) in [5.74, 6) is -2.23. The highest BCUT2D eigenvalue weighted by Crippen LogP contribution is 2.28. The van der Waals surface area contributed by atoms with Gasteiger partial charge in [0.05, 0.1) is 0 Å². The van der Waals surface area contributed by atoms with Crippen molar-refractivity contribution in [2.45, 2.75) is 110 Å². The van der Waals surface area contributed by atoms with E-state index in [1.807, 2.05) is 6.08 Å². The molecule has 0 aromatic rings. The predicted molar refractivity (Wildman–Crippen MR) is 127 cm³/mol. The average Bonchev–Trinajstić information content (AvgIpc) is 2.76. The number of carbonyl (C=O) groups is 4. The van der Waals surface area contributed by atoms with Crippen LogP contribution in [0.2, 0.25) is 0 Å². The van der Waals surface area contributed by atoms with Gasteiger partial charge in [-0.15, -0.1) is 6.58 Å². The van der Waals surface area contributed by atoms with Crippen molar-refractivity contribution in [3.8, 4) is 0 Å². The number of hydrogen-bond acceptors (Lipinski definition) is 9. The molecule has 1 saturated heterocycles. The minimum atomic E-state index is -1.12. The Balaban J connectivity index is 2.83. The first-order valence-electron chi connectivity index (χ1n) is 12.3. The Bertz CT molecular complexity index is 696. The number of nitrogens with one attached hydrogen (secondary N) is 1. The third-order valence-electron chi connectivity index (χ3n) is 5.41. The van der Waals surface area contributed by atoms with Crippen LogP contribution in [0, 0.1) is 0 Å². The molecule has 0 bridgehead atoms. The van der Waals surface area contributed by atoms with Crippen LogP contribution in [0.4, 0.5) is 0 Å². The van der Waals surface area contributed by atoms with Crippen LogP contribution in [0.1, 0.15) is 79.1 Å². The van der Waals surface area contributed by atoms with E-state index in [9.17, 15) is 19.2 Å². The lowest BCUT2D eigenvalue weighted by atomic mass is 9.96. The van der Waals surface area contributed by atoms with Crippen LogP contribution in [0.3, 0.4) is 0 Å². The molecular formula is C25H41NO9. The van der Waals surface area contributed by atoms with E-state index in [0.717, 1.165) is 32.1 Å². The molecular weight excluding hydrogens is 458 g/mol. The maximum absolute atomic E-state index is 11.9. The summed E-state index contributed by atoms with van der Waals surface area (Å²) in [6.45, 7) is 8.78. The van der Waals surface area contributed by atoms with Gasteiger partial charge in [-0.2, -0.15) is 0 Å². The molecule has 1 aliphatic rings. The molecule has 10 nitrogen and oxygen atoms in total. The van der Waals surface area contributed by atoms with Crippen molar-refractivity contribution in [2.24, 2.45) is 0 Å². The van der Waals surface area contributed by atoms with E-state index < -0.39 is 54.5 Å². The fourth-order valence-corrected chi connectivity index (χ4v) is 3.91. The minimum absolute atomic E-state index is 0.246. The number of allylic oxidation sites excluding steroid dienone is 1. The molecule has 1 aliphatic heterocycles. The first kappa shape index (κ1) is 30.6. The number of esters is 3. The Morgan fingerprint density at radius 1 is 0.829 bits per heavy atom. The summed E-state index contributed by atoms with van der Waals surface area (Å²) in [5, 5.41) is 2.69. The highest BCUT2D eigenvalue weighted by Gasteiger charge is 2.51. The second kappa shape index (κ2) is 17.0. The molecule has 35 heavy (non-hydrogen) atoms. The van der Waals surface area contributed by atoms with Gasteiger partial charge in [0.1, 0.15) is 18.8 Å². The summed E-state index contributed by atoms with van der Waals surface area (Å²) in [6, 6.07) is -0.931. The third-order valence-corrected chi connectivity index (χ3v) is 5.41. The van der Waals surface area contributed by atoms with Gasteiger partial charge in [0.15, 0.2) is 18.5 Å². The molecule has 10 heteroatoms. The molecule has 1 rings (SSSR count). The van der Waals surface area contributed by atoms with Gasteiger partial charge in [0.2, 0.25) is 5.91 Å². The van der Waals surface area contributed by atoms with Gasteiger partial charge in [0, 0.05) is 34.3 Å². The zero-order valence-electron chi connectivity index (χ0n) is 21.4. The van der Waals surface area contributed by atoms with E-state index in [1.54, 1.807) is 0 Å². The summed E-state index contributed by atoms with van der Waals surface area (Å²) in [7, 11) is 0. The van der Waals surface area contributed by atoms with Crippen molar-refractivity contribution in [1.82, 2.24) is 5.32 Å². The summed E-state index contributed by atoms with van der Waals surface area (Å²) in [5.41, 5.74) is 0. The maximum atomic E-state index is 11.9. The molecule has 1 fully saturated rings. The highest BCUT2D eigenvalue weighted by molar-refractivity contribution is 5.73. The van der Waals surface area contributed by atoms with Gasteiger partial charge in [-0.3, -0.25) is 19.2 Å². The molecule has 0 spiro atoms. The number of ether oxygens (including phenoxy) is 5. The van der Waals surface area contributed by atoms with Gasteiger partial charge >= 0.3 is 17.9 Å². The topological polar surface area (TPSA) is 126 Å². The van der Waals surface area contributed by atoms with E-state index in [0.29, 0.717) is 6.61 Å². The van der Waals surface area contributed by atoms with Crippen molar-refractivity contribution in [1.29, 1.82) is 0 Å². The molecule has 0 aliphatic carbocycles. The maximum Gasteiger partial charge on any atom is 0.303 e. The minimum Gasteiger partial charge on any atom is -0.463 e. The van der Waals surface area contributed by atoms with Gasteiger partial charge in [-0.25, -0.2) is 0 Å². The third kappa shape index (κ3) is 12.7. The van der Waals surface area contributed by atoms with Crippen molar-refractivity contribution >= 4 is 23.8 Å². The molecule has 5 atom stereocenters. The van der Waals surface area contributed by atoms with Crippen molar-refractivity contribution in [3.05, 3.63) is 12.7 Å². The summed E-state index contributed by atoms with van der Waals surface area (Å²) >= 11 is 0. The molecule has 0 aromatic heterocycles. The monoisotopic (exact) mass is 499 g/mol. The number of unbranched alkanes of at least 4 members (excludes halogenated alkanes) is 7.